The predicted octanol–water partition coefficient (Wildman–Crippen LogP) is 2.88. The summed E-state index contributed by atoms with van der Waals surface area (Å²) < 4.78 is 1.75. The lowest BCUT2D eigenvalue weighted by Gasteiger charge is -2.21. The fourth-order valence-electron chi connectivity index (χ4n) is 2.14. The van der Waals surface area contributed by atoms with Crippen molar-refractivity contribution in [2.75, 3.05) is 7.05 Å². The van der Waals surface area contributed by atoms with E-state index in [1.807, 2.05) is 43.1 Å². The Morgan fingerprint density at radius 3 is 3.00 bits per heavy atom. The largest absolute Gasteiger partial charge is 0.371 e. The SMILES string of the molecule is Cc1ncc2sc(C(O)N(C)Cc3cccc(Cl)c3)nn12. The first kappa shape index (κ1) is 14.5. The highest BCUT2D eigenvalue weighted by atomic mass is 35.5. The van der Waals surface area contributed by atoms with Crippen molar-refractivity contribution in [3.05, 3.63) is 51.9 Å². The Balaban J connectivity index is 1.78. The number of benzene rings is 1. The van der Waals surface area contributed by atoms with Gasteiger partial charge in [0.25, 0.3) is 0 Å². The number of imidazole rings is 1. The summed E-state index contributed by atoms with van der Waals surface area (Å²) in [6, 6.07) is 7.62. The Bertz CT molecular complexity index is 769. The highest BCUT2D eigenvalue weighted by Gasteiger charge is 2.19. The topological polar surface area (TPSA) is 53.7 Å². The quantitative estimate of drug-likeness (QED) is 0.750. The first-order valence-corrected chi connectivity index (χ1v) is 7.68. The number of halogens is 1. The lowest BCUT2D eigenvalue weighted by molar-refractivity contribution is 0.0143. The van der Waals surface area contributed by atoms with E-state index in [0.29, 0.717) is 16.6 Å². The maximum absolute atomic E-state index is 10.4. The number of rotatable bonds is 4. The molecule has 3 aromatic rings. The molecular formula is C14H15ClN4OS. The monoisotopic (exact) mass is 322 g/mol. The van der Waals surface area contributed by atoms with Gasteiger partial charge in [-0.25, -0.2) is 9.50 Å². The number of aliphatic hydroxyl groups is 1. The molecule has 0 aliphatic carbocycles. The lowest BCUT2D eigenvalue weighted by atomic mass is 10.2. The van der Waals surface area contributed by atoms with Crippen LogP contribution in [0.1, 0.15) is 22.6 Å². The molecule has 0 fully saturated rings. The molecule has 3 rings (SSSR count). The van der Waals surface area contributed by atoms with Crippen LogP contribution in [0.25, 0.3) is 4.83 Å². The van der Waals surface area contributed by atoms with Gasteiger partial charge >= 0.3 is 0 Å². The smallest absolute Gasteiger partial charge is 0.162 e. The summed E-state index contributed by atoms with van der Waals surface area (Å²) in [5.41, 5.74) is 1.05. The van der Waals surface area contributed by atoms with Gasteiger partial charge in [-0.2, -0.15) is 5.10 Å². The maximum atomic E-state index is 10.4. The van der Waals surface area contributed by atoms with Crippen molar-refractivity contribution in [3.63, 3.8) is 0 Å². The van der Waals surface area contributed by atoms with Gasteiger partial charge in [0, 0.05) is 11.6 Å². The van der Waals surface area contributed by atoms with Crippen LogP contribution in [0.3, 0.4) is 0 Å². The van der Waals surface area contributed by atoms with Gasteiger partial charge in [-0.15, -0.1) is 0 Å². The standard InChI is InChI=1S/C14H15ClN4OS/c1-9-16-7-12-19(9)17-13(21-12)14(20)18(2)8-10-4-3-5-11(15)6-10/h3-7,14,20H,8H2,1-2H3. The van der Waals surface area contributed by atoms with Crippen molar-refractivity contribution in [2.24, 2.45) is 0 Å². The maximum Gasteiger partial charge on any atom is 0.162 e. The zero-order valence-electron chi connectivity index (χ0n) is 11.7. The minimum absolute atomic E-state index is 0.591. The number of hydrogen-bond donors (Lipinski definition) is 1. The first-order valence-electron chi connectivity index (χ1n) is 6.48. The van der Waals surface area contributed by atoms with Crippen LogP contribution in [0, 0.1) is 6.92 Å². The fraction of sp³-hybridized carbons (Fsp3) is 0.286. The summed E-state index contributed by atoms with van der Waals surface area (Å²) in [6.45, 7) is 2.48. The van der Waals surface area contributed by atoms with Crippen molar-refractivity contribution in [2.45, 2.75) is 19.7 Å². The van der Waals surface area contributed by atoms with Crippen LogP contribution in [-0.2, 0) is 6.54 Å². The highest BCUT2D eigenvalue weighted by Crippen LogP contribution is 2.25. The number of aryl methyl sites for hydroxylation is 1. The van der Waals surface area contributed by atoms with Gasteiger partial charge < -0.3 is 5.11 Å². The summed E-state index contributed by atoms with van der Waals surface area (Å²) >= 11 is 7.42. The van der Waals surface area contributed by atoms with Crippen molar-refractivity contribution in [3.8, 4) is 0 Å². The van der Waals surface area contributed by atoms with Crippen molar-refractivity contribution in [1.29, 1.82) is 0 Å². The van der Waals surface area contributed by atoms with Gasteiger partial charge in [-0.05, 0) is 31.7 Å². The van der Waals surface area contributed by atoms with Gasteiger partial charge in [0.05, 0.1) is 6.20 Å². The van der Waals surface area contributed by atoms with E-state index in [0.717, 1.165) is 16.2 Å². The van der Waals surface area contributed by atoms with Crippen LogP contribution in [0.5, 0.6) is 0 Å². The second kappa shape index (κ2) is 5.73. The molecule has 2 heterocycles. The Hall–Kier alpha value is -1.47. The van der Waals surface area contributed by atoms with Crippen LogP contribution >= 0.6 is 22.9 Å². The third-order valence-electron chi connectivity index (χ3n) is 3.24. The molecule has 0 radical (unpaired) electrons. The zero-order chi connectivity index (χ0) is 15.0. The molecule has 1 aromatic carbocycles. The Morgan fingerprint density at radius 1 is 1.48 bits per heavy atom. The van der Waals surface area contributed by atoms with E-state index in [4.69, 9.17) is 11.6 Å². The normalized spacial score (nSPS) is 13.2. The zero-order valence-corrected chi connectivity index (χ0v) is 13.3. The van der Waals surface area contributed by atoms with Crippen molar-refractivity contribution >= 4 is 27.8 Å². The Labute approximate surface area is 131 Å². The molecule has 0 bridgehead atoms. The van der Waals surface area contributed by atoms with Gasteiger partial charge in [0.1, 0.15) is 10.7 Å². The van der Waals surface area contributed by atoms with Crippen LogP contribution in [0.4, 0.5) is 0 Å². The summed E-state index contributed by atoms with van der Waals surface area (Å²) in [6.07, 6.45) is 1.01. The Kier molecular flexibility index (Phi) is 3.95. The van der Waals surface area contributed by atoms with E-state index in [1.165, 1.54) is 11.3 Å². The second-order valence-electron chi connectivity index (χ2n) is 4.91. The molecule has 110 valence electrons. The molecule has 0 spiro atoms. The summed E-state index contributed by atoms with van der Waals surface area (Å²) in [5, 5.41) is 16.2. The van der Waals surface area contributed by atoms with Gasteiger partial charge in [-0.1, -0.05) is 35.1 Å². The first-order chi connectivity index (χ1) is 10.0. The fourth-order valence-corrected chi connectivity index (χ4v) is 3.34. The van der Waals surface area contributed by atoms with E-state index < -0.39 is 6.23 Å². The molecule has 1 N–H and O–H groups in total. The molecule has 0 saturated heterocycles. The minimum atomic E-state index is -0.756. The number of aromatic nitrogens is 3. The van der Waals surface area contributed by atoms with Crippen LogP contribution < -0.4 is 0 Å². The van der Waals surface area contributed by atoms with E-state index in [2.05, 4.69) is 10.1 Å². The Morgan fingerprint density at radius 2 is 2.29 bits per heavy atom. The number of aliphatic hydroxyl groups excluding tert-OH is 1. The molecule has 1 atom stereocenters. The van der Waals surface area contributed by atoms with Crippen LogP contribution in [-0.4, -0.2) is 31.7 Å². The molecule has 0 saturated carbocycles. The third-order valence-corrected chi connectivity index (χ3v) is 4.47. The molecule has 7 heteroatoms. The number of hydrogen-bond acceptors (Lipinski definition) is 5. The highest BCUT2D eigenvalue weighted by molar-refractivity contribution is 7.17. The summed E-state index contributed by atoms with van der Waals surface area (Å²) in [5.74, 6) is 0.817. The van der Waals surface area contributed by atoms with E-state index in [1.54, 1.807) is 10.7 Å². The molecule has 0 amide bonds. The second-order valence-corrected chi connectivity index (χ2v) is 6.39. The van der Waals surface area contributed by atoms with E-state index in [-0.39, 0.29) is 0 Å². The molecule has 5 nitrogen and oxygen atoms in total. The summed E-state index contributed by atoms with van der Waals surface area (Å²) in [4.78, 5) is 6.93. The van der Waals surface area contributed by atoms with Crippen molar-refractivity contribution in [1.82, 2.24) is 19.5 Å². The van der Waals surface area contributed by atoms with Gasteiger partial charge in [0.15, 0.2) is 11.2 Å². The number of nitrogens with zero attached hydrogens (tertiary/aromatic N) is 4. The molecule has 21 heavy (non-hydrogen) atoms. The van der Waals surface area contributed by atoms with E-state index in [9.17, 15) is 5.11 Å². The third kappa shape index (κ3) is 2.94. The molecule has 0 aliphatic heterocycles. The van der Waals surface area contributed by atoms with Gasteiger partial charge in [-0.3, -0.25) is 4.90 Å². The van der Waals surface area contributed by atoms with Gasteiger partial charge in [0.2, 0.25) is 0 Å². The average Bonchev–Trinajstić information content (AvgIpc) is 3.00. The van der Waals surface area contributed by atoms with Crippen molar-refractivity contribution < 1.29 is 5.11 Å². The predicted molar refractivity (Wildman–Crippen MR) is 83.5 cm³/mol. The van der Waals surface area contributed by atoms with Crippen LogP contribution in [0.15, 0.2) is 30.5 Å². The van der Waals surface area contributed by atoms with Crippen LogP contribution in [0.2, 0.25) is 5.02 Å². The number of fused-ring (bicyclic) bond motifs is 1. The molecule has 2 aromatic heterocycles. The average molecular weight is 323 g/mol. The molecule has 0 aliphatic rings. The lowest BCUT2D eigenvalue weighted by Crippen LogP contribution is -2.24. The molecule has 1 unspecified atom stereocenters. The summed E-state index contributed by atoms with van der Waals surface area (Å²) in [7, 11) is 1.85. The molecular weight excluding hydrogens is 308 g/mol. The minimum Gasteiger partial charge on any atom is -0.371 e. The van der Waals surface area contributed by atoms with E-state index >= 15 is 0 Å².